The largest absolute Gasteiger partial charge is 0.450 e. The van der Waals surface area contributed by atoms with Crippen LogP contribution in [0.4, 0.5) is 9.52 Å². The number of halogens is 2. The molecule has 3 heterocycles. The first-order valence-corrected chi connectivity index (χ1v) is 10.9. The number of carbonyl (C=O) groups is 1. The number of para-hydroxylation sites is 1. The first kappa shape index (κ1) is 19.2. The smallest absolute Gasteiger partial charge is 0.297 e. The van der Waals surface area contributed by atoms with Gasteiger partial charge in [0.2, 0.25) is 5.76 Å². The van der Waals surface area contributed by atoms with Crippen LogP contribution in [0.15, 0.2) is 75.9 Å². The number of nitrogens with zero attached hydrogens (tertiary/aromatic N) is 2. The molecule has 0 saturated heterocycles. The molecular weight excluding hydrogens is 451 g/mol. The molecule has 0 aliphatic carbocycles. The number of hydrogen-bond acceptors (Lipinski definition) is 5. The third-order valence-electron chi connectivity index (χ3n) is 5.52. The van der Waals surface area contributed by atoms with Gasteiger partial charge in [0, 0.05) is 10.6 Å². The molecule has 0 radical (unpaired) electrons. The second-order valence-corrected chi connectivity index (χ2v) is 8.82. The van der Waals surface area contributed by atoms with Crippen molar-refractivity contribution in [3.05, 3.63) is 105 Å². The molecule has 1 aliphatic heterocycles. The highest BCUT2D eigenvalue weighted by Crippen LogP contribution is 2.44. The molecule has 1 aliphatic rings. The van der Waals surface area contributed by atoms with Gasteiger partial charge < -0.3 is 4.42 Å². The Balaban J connectivity index is 1.66. The van der Waals surface area contributed by atoms with Gasteiger partial charge in [-0.15, -0.1) is 0 Å². The fourth-order valence-corrected chi connectivity index (χ4v) is 5.37. The summed E-state index contributed by atoms with van der Waals surface area (Å²) in [5.74, 6) is -1.17. The number of fused-ring (bicyclic) bond motifs is 3. The summed E-state index contributed by atoms with van der Waals surface area (Å²) < 4.78 is 21.6. The molecule has 5 nitrogen and oxygen atoms in total. The molecule has 1 amide bonds. The predicted molar refractivity (Wildman–Crippen MR) is 122 cm³/mol. The van der Waals surface area contributed by atoms with Gasteiger partial charge in [0.25, 0.3) is 5.91 Å². The van der Waals surface area contributed by atoms with Crippen molar-refractivity contribution in [1.29, 1.82) is 0 Å². The number of amides is 1. The molecular formula is C24H12ClFN2O3S. The van der Waals surface area contributed by atoms with Gasteiger partial charge in [-0.3, -0.25) is 14.5 Å². The van der Waals surface area contributed by atoms with Crippen LogP contribution in [0, 0.1) is 5.82 Å². The van der Waals surface area contributed by atoms with Crippen molar-refractivity contribution < 1.29 is 13.6 Å². The number of aromatic nitrogens is 1. The summed E-state index contributed by atoms with van der Waals surface area (Å²) in [5, 5.41) is 1.20. The second kappa shape index (κ2) is 6.98. The second-order valence-electron chi connectivity index (χ2n) is 7.38. The van der Waals surface area contributed by atoms with E-state index in [1.165, 1.54) is 22.3 Å². The van der Waals surface area contributed by atoms with E-state index in [2.05, 4.69) is 4.98 Å². The lowest BCUT2D eigenvalue weighted by Gasteiger charge is -2.22. The Labute approximate surface area is 189 Å². The Kier molecular flexibility index (Phi) is 4.18. The fraction of sp³-hybridized carbons (Fsp3) is 0.0417. The summed E-state index contributed by atoms with van der Waals surface area (Å²) >= 11 is 7.35. The fourth-order valence-electron chi connectivity index (χ4n) is 4.10. The third-order valence-corrected chi connectivity index (χ3v) is 6.78. The highest BCUT2D eigenvalue weighted by atomic mass is 35.5. The number of rotatable bonds is 2. The van der Waals surface area contributed by atoms with Crippen LogP contribution in [0.25, 0.3) is 21.2 Å². The minimum atomic E-state index is -1.00. The average molecular weight is 463 g/mol. The molecule has 156 valence electrons. The zero-order valence-corrected chi connectivity index (χ0v) is 17.8. The molecule has 0 saturated carbocycles. The monoisotopic (exact) mass is 462 g/mol. The number of thiazole rings is 1. The molecule has 0 unspecified atom stereocenters. The SMILES string of the molecule is O=C1c2oc3ccccc3c(=O)c2[C@@H](c2ccccc2F)N1c1nc2ccc(Cl)cc2s1. The third kappa shape index (κ3) is 2.71. The van der Waals surface area contributed by atoms with Gasteiger partial charge in [0.15, 0.2) is 10.6 Å². The van der Waals surface area contributed by atoms with Crippen LogP contribution in [0.2, 0.25) is 5.02 Å². The van der Waals surface area contributed by atoms with Crippen molar-refractivity contribution in [2.75, 3.05) is 4.90 Å². The maximum Gasteiger partial charge on any atom is 0.297 e. The molecule has 5 aromatic rings. The van der Waals surface area contributed by atoms with Gasteiger partial charge in [0.1, 0.15) is 17.4 Å². The minimum Gasteiger partial charge on any atom is -0.450 e. The molecule has 1 atom stereocenters. The van der Waals surface area contributed by atoms with Crippen LogP contribution < -0.4 is 10.3 Å². The van der Waals surface area contributed by atoms with Gasteiger partial charge >= 0.3 is 0 Å². The lowest BCUT2D eigenvalue weighted by atomic mass is 9.98. The lowest BCUT2D eigenvalue weighted by Crippen LogP contribution is -2.30. The minimum absolute atomic E-state index is 0.0979. The van der Waals surface area contributed by atoms with Crippen molar-refractivity contribution in [3.63, 3.8) is 0 Å². The number of carbonyl (C=O) groups excluding carboxylic acids is 1. The molecule has 6 rings (SSSR count). The summed E-state index contributed by atoms with van der Waals surface area (Å²) in [6.45, 7) is 0. The zero-order chi connectivity index (χ0) is 22.0. The van der Waals surface area contributed by atoms with E-state index in [0.29, 0.717) is 26.6 Å². The molecule has 32 heavy (non-hydrogen) atoms. The van der Waals surface area contributed by atoms with Crippen molar-refractivity contribution in [3.8, 4) is 0 Å². The number of anilines is 1. The Morgan fingerprint density at radius 3 is 2.66 bits per heavy atom. The molecule has 3 aromatic carbocycles. The summed E-state index contributed by atoms with van der Waals surface area (Å²) in [7, 11) is 0. The zero-order valence-electron chi connectivity index (χ0n) is 16.2. The summed E-state index contributed by atoms with van der Waals surface area (Å²) in [4.78, 5) is 32.9. The van der Waals surface area contributed by atoms with Crippen molar-refractivity contribution in [2.45, 2.75) is 6.04 Å². The predicted octanol–water partition coefficient (Wildman–Crippen LogP) is 5.95. The molecule has 2 aromatic heterocycles. The standard InChI is InChI=1S/C24H12ClFN2O3S/c25-12-9-10-16-18(11-12)32-24(27-16)28-20(13-5-1-3-7-15(13)26)19-21(29)14-6-2-4-8-17(14)31-22(19)23(28)30/h1-11,20H/t20-/m1/s1. The van der Waals surface area contributed by atoms with Crippen molar-refractivity contribution in [2.24, 2.45) is 0 Å². The van der Waals surface area contributed by atoms with Crippen LogP contribution in [0.5, 0.6) is 0 Å². The lowest BCUT2D eigenvalue weighted by molar-refractivity contribution is 0.0971. The van der Waals surface area contributed by atoms with Crippen LogP contribution in [0.1, 0.15) is 27.7 Å². The Bertz CT molecular complexity index is 1630. The Hall–Kier alpha value is -3.55. The van der Waals surface area contributed by atoms with E-state index in [-0.39, 0.29) is 22.3 Å². The highest BCUT2D eigenvalue weighted by Gasteiger charge is 2.45. The maximum atomic E-state index is 14.9. The van der Waals surface area contributed by atoms with E-state index >= 15 is 0 Å². The van der Waals surface area contributed by atoms with E-state index < -0.39 is 17.8 Å². The van der Waals surface area contributed by atoms with E-state index in [1.54, 1.807) is 60.7 Å². The first-order chi connectivity index (χ1) is 15.5. The quantitative estimate of drug-likeness (QED) is 0.325. The number of hydrogen-bond donors (Lipinski definition) is 0. The summed E-state index contributed by atoms with van der Waals surface area (Å²) in [6.07, 6.45) is 0. The van der Waals surface area contributed by atoms with Crippen molar-refractivity contribution in [1.82, 2.24) is 4.98 Å². The molecule has 8 heteroatoms. The summed E-state index contributed by atoms with van der Waals surface area (Å²) in [6, 6.07) is 17.0. The number of benzene rings is 3. The van der Waals surface area contributed by atoms with Crippen LogP contribution in [-0.2, 0) is 0 Å². The van der Waals surface area contributed by atoms with Crippen LogP contribution >= 0.6 is 22.9 Å². The van der Waals surface area contributed by atoms with Gasteiger partial charge in [-0.1, -0.05) is 53.3 Å². The van der Waals surface area contributed by atoms with Gasteiger partial charge in [-0.05, 0) is 36.4 Å². The van der Waals surface area contributed by atoms with Crippen LogP contribution in [0.3, 0.4) is 0 Å². The molecule has 0 N–H and O–H groups in total. The topological polar surface area (TPSA) is 63.4 Å². The van der Waals surface area contributed by atoms with E-state index in [0.717, 1.165) is 4.70 Å². The summed E-state index contributed by atoms with van der Waals surface area (Å²) in [5.41, 5.74) is 0.885. The molecule has 0 fully saturated rings. The van der Waals surface area contributed by atoms with Crippen molar-refractivity contribution >= 4 is 55.2 Å². The average Bonchev–Trinajstić information content (AvgIpc) is 3.32. The maximum absolute atomic E-state index is 14.9. The Morgan fingerprint density at radius 1 is 1.03 bits per heavy atom. The van der Waals surface area contributed by atoms with Gasteiger partial charge in [0.05, 0.1) is 21.2 Å². The van der Waals surface area contributed by atoms with E-state index in [4.69, 9.17) is 16.0 Å². The Morgan fingerprint density at radius 2 is 1.81 bits per heavy atom. The highest BCUT2D eigenvalue weighted by molar-refractivity contribution is 7.22. The van der Waals surface area contributed by atoms with E-state index in [9.17, 15) is 14.0 Å². The van der Waals surface area contributed by atoms with E-state index in [1.807, 2.05) is 0 Å². The molecule has 0 spiro atoms. The van der Waals surface area contributed by atoms with Crippen LogP contribution in [-0.4, -0.2) is 10.9 Å². The first-order valence-electron chi connectivity index (χ1n) is 9.73. The molecule has 0 bridgehead atoms. The van der Waals surface area contributed by atoms with Gasteiger partial charge in [-0.2, -0.15) is 0 Å². The van der Waals surface area contributed by atoms with Gasteiger partial charge in [-0.25, -0.2) is 9.37 Å². The normalized spacial score (nSPS) is 15.6.